The maximum atomic E-state index is 12.4. The number of amides is 1. The lowest BCUT2D eigenvalue weighted by molar-refractivity contribution is 0.102. The first-order valence-corrected chi connectivity index (χ1v) is 7.63. The van der Waals surface area contributed by atoms with Gasteiger partial charge in [-0.2, -0.15) is 5.10 Å². The number of benzene rings is 1. The Morgan fingerprint density at radius 1 is 1.36 bits per heavy atom. The fourth-order valence-electron chi connectivity index (χ4n) is 2.14. The summed E-state index contributed by atoms with van der Waals surface area (Å²) < 4.78 is 6.77. The van der Waals surface area contributed by atoms with Crippen LogP contribution in [0.4, 0.5) is 5.69 Å². The largest absolute Gasteiger partial charge is 0.497 e. The standard InChI is InChI=1S/C16H20ClN3O2/c1-4-5-10-20-15(17)14(11(2)19-20)16(21)18-12-6-8-13(22-3)9-7-12/h6-9H,4-5,10H2,1-3H3,(H,18,21). The third-order valence-electron chi connectivity index (χ3n) is 3.36. The minimum absolute atomic E-state index is 0.254. The van der Waals surface area contributed by atoms with Crippen LogP contribution in [-0.4, -0.2) is 22.8 Å². The van der Waals surface area contributed by atoms with Gasteiger partial charge in [0.25, 0.3) is 5.91 Å². The number of carbonyl (C=O) groups is 1. The molecule has 0 aliphatic heterocycles. The van der Waals surface area contributed by atoms with Crippen LogP contribution in [0, 0.1) is 6.92 Å². The van der Waals surface area contributed by atoms with E-state index in [4.69, 9.17) is 16.3 Å². The van der Waals surface area contributed by atoms with Crippen LogP contribution in [0.5, 0.6) is 5.75 Å². The van der Waals surface area contributed by atoms with Crippen LogP contribution in [-0.2, 0) is 6.54 Å². The Hall–Kier alpha value is -2.01. The maximum Gasteiger partial charge on any atom is 0.260 e. The Kier molecular flexibility index (Phi) is 5.44. The topological polar surface area (TPSA) is 56.2 Å². The molecule has 0 fully saturated rings. The molecule has 6 heteroatoms. The van der Waals surface area contributed by atoms with E-state index in [1.807, 2.05) is 0 Å². The highest BCUT2D eigenvalue weighted by Crippen LogP contribution is 2.22. The average Bonchev–Trinajstić information content (AvgIpc) is 2.80. The second kappa shape index (κ2) is 7.31. The first-order chi connectivity index (χ1) is 10.6. The Labute approximate surface area is 135 Å². The van der Waals surface area contributed by atoms with E-state index in [-0.39, 0.29) is 5.91 Å². The molecule has 118 valence electrons. The molecule has 0 bridgehead atoms. The average molecular weight is 322 g/mol. The molecule has 0 saturated carbocycles. The van der Waals surface area contributed by atoms with Gasteiger partial charge >= 0.3 is 0 Å². The molecule has 0 unspecified atom stereocenters. The molecular formula is C16H20ClN3O2. The number of anilines is 1. The number of nitrogens with zero attached hydrogens (tertiary/aromatic N) is 2. The number of nitrogens with one attached hydrogen (secondary N) is 1. The Morgan fingerprint density at radius 2 is 2.05 bits per heavy atom. The molecule has 0 saturated heterocycles. The summed E-state index contributed by atoms with van der Waals surface area (Å²) in [6, 6.07) is 7.13. The molecule has 0 atom stereocenters. The van der Waals surface area contributed by atoms with Gasteiger partial charge in [0.15, 0.2) is 0 Å². The molecule has 1 amide bonds. The fourth-order valence-corrected chi connectivity index (χ4v) is 2.48. The third-order valence-corrected chi connectivity index (χ3v) is 3.75. The summed E-state index contributed by atoms with van der Waals surface area (Å²) in [5, 5.41) is 7.56. The summed E-state index contributed by atoms with van der Waals surface area (Å²) in [6.07, 6.45) is 2.02. The lowest BCUT2D eigenvalue weighted by Crippen LogP contribution is -2.13. The summed E-state index contributed by atoms with van der Waals surface area (Å²) in [4.78, 5) is 12.4. The number of hydrogen-bond donors (Lipinski definition) is 1. The molecular weight excluding hydrogens is 302 g/mol. The van der Waals surface area contributed by atoms with E-state index in [0.717, 1.165) is 18.6 Å². The van der Waals surface area contributed by atoms with Crippen LogP contribution in [0.25, 0.3) is 0 Å². The van der Waals surface area contributed by atoms with Crippen molar-refractivity contribution in [1.29, 1.82) is 0 Å². The minimum atomic E-state index is -0.254. The van der Waals surface area contributed by atoms with Crippen molar-refractivity contribution in [2.45, 2.75) is 33.2 Å². The molecule has 5 nitrogen and oxygen atoms in total. The lowest BCUT2D eigenvalue weighted by atomic mass is 10.2. The zero-order chi connectivity index (χ0) is 16.1. The van der Waals surface area contributed by atoms with Gasteiger partial charge < -0.3 is 10.1 Å². The molecule has 0 radical (unpaired) electrons. The van der Waals surface area contributed by atoms with Crippen molar-refractivity contribution < 1.29 is 9.53 Å². The zero-order valence-corrected chi connectivity index (χ0v) is 13.8. The van der Waals surface area contributed by atoms with Gasteiger partial charge in [-0.25, -0.2) is 0 Å². The Morgan fingerprint density at radius 3 is 2.64 bits per heavy atom. The molecule has 0 spiro atoms. The van der Waals surface area contributed by atoms with Crippen molar-refractivity contribution in [3.63, 3.8) is 0 Å². The lowest BCUT2D eigenvalue weighted by Gasteiger charge is -2.06. The van der Waals surface area contributed by atoms with Crippen LogP contribution in [0.1, 0.15) is 35.8 Å². The Balaban J connectivity index is 2.16. The SMILES string of the molecule is CCCCn1nc(C)c(C(=O)Nc2ccc(OC)cc2)c1Cl. The van der Waals surface area contributed by atoms with E-state index in [1.54, 1.807) is 43.0 Å². The predicted octanol–water partition coefficient (Wildman–Crippen LogP) is 3.91. The van der Waals surface area contributed by atoms with Crippen LogP contribution in [0.2, 0.25) is 5.15 Å². The van der Waals surface area contributed by atoms with Crippen molar-refractivity contribution in [3.05, 3.63) is 40.7 Å². The van der Waals surface area contributed by atoms with Crippen molar-refractivity contribution in [2.75, 3.05) is 12.4 Å². The molecule has 2 rings (SSSR count). The smallest absolute Gasteiger partial charge is 0.260 e. The third kappa shape index (κ3) is 3.60. The summed E-state index contributed by atoms with van der Waals surface area (Å²) in [7, 11) is 1.60. The van der Waals surface area contributed by atoms with E-state index in [2.05, 4.69) is 17.3 Å². The van der Waals surface area contributed by atoms with Crippen LogP contribution in [0.3, 0.4) is 0 Å². The highest BCUT2D eigenvalue weighted by molar-refractivity contribution is 6.33. The highest BCUT2D eigenvalue weighted by atomic mass is 35.5. The second-order valence-electron chi connectivity index (χ2n) is 5.01. The fraction of sp³-hybridized carbons (Fsp3) is 0.375. The maximum absolute atomic E-state index is 12.4. The van der Waals surface area contributed by atoms with Crippen LogP contribution < -0.4 is 10.1 Å². The first kappa shape index (κ1) is 16.4. The van der Waals surface area contributed by atoms with E-state index in [9.17, 15) is 4.79 Å². The zero-order valence-electron chi connectivity index (χ0n) is 13.0. The van der Waals surface area contributed by atoms with Gasteiger partial charge in [-0.1, -0.05) is 24.9 Å². The molecule has 22 heavy (non-hydrogen) atoms. The number of unbranched alkanes of at least 4 members (excludes halogenated alkanes) is 1. The van der Waals surface area contributed by atoms with Gasteiger partial charge in [-0.3, -0.25) is 9.48 Å². The molecule has 1 aromatic carbocycles. The van der Waals surface area contributed by atoms with Gasteiger partial charge in [0, 0.05) is 12.2 Å². The number of methoxy groups -OCH3 is 1. The number of ether oxygens (including phenoxy) is 1. The highest BCUT2D eigenvalue weighted by Gasteiger charge is 2.20. The molecule has 2 aromatic rings. The van der Waals surface area contributed by atoms with Gasteiger partial charge in [-0.15, -0.1) is 0 Å². The van der Waals surface area contributed by atoms with Crippen molar-refractivity contribution >= 4 is 23.2 Å². The normalized spacial score (nSPS) is 10.5. The quantitative estimate of drug-likeness (QED) is 0.877. The van der Waals surface area contributed by atoms with E-state index in [1.165, 1.54) is 0 Å². The van der Waals surface area contributed by atoms with Gasteiger partial charge in [0.1, 0.15) is 10.9 Å². The van der Waals surface area contributed by atoms with Crippen molar-refractivity contribution in [3.8, 4) is 5.75 Å². The summed E-state index contributed by atoms with van der Waals surface area (Å²) in [5.41, 5.74) is 1.74. The van der Waals surface area contributed by atoms with Crippen LogP contribution in [0.15, 0.2) is 24.3 Å². The van der Waals surface area contributed by atoms with Gasteiger partial charge in [0.05, 0.1) is 18.4 Å². The monoisotopic (exact) mass is 321 g/mol. The predicted molar refractivity (Wildman–Crippen MR) is 87.8 cm³/mol. The number of halogens is 1. The molecule has 1 heterocycles. The second-order valence-corrected chi connectivity index (χ2v) is 5.37. The summed E-state index contributed by atoms with van der Waals surface area (Å²) >= 11 is 6.29. The summed E-state index contributed by atoms with van der Waals surface area (Å²) in [5.74, 6) is 0.481. The van der Waals surface area contributed by atoms with E-state index < -0.39 is 0 Å². The van der Waals surface area contributed by atoms with Crippen molar-refractivity contribution in [1.82, 2.24) is 9.78 Å². The van der Waals surface area contributed by atoms with E-state index in [0.29, 0.717) is 28.6 Å². The van der Waals surface area contributed by atoms with Gasteiger partial charge in [0.2, 0.25) is 0 Å². The number of aromatic nitrogens is 2. The molecule has 0 aliphatic carbocycles. The van der Waals surface area contributed by atoms with Crippen molar-refractivity contribution in [2.24, 2.45) is 0 Å². The number of hydrogen-bond acceptors (Lipinski definition) is 3. The van der Waals surface area contributed by atoms with E-state index >= 15 is 0 Å². The Bertz CT molecular complexity index is 650. The van der Waals surface area contributed by atoms with Gasteiger partial charge in [-0.05, 0) is 37.6 Å². The summed E-state index contributed by atoms with van der Waals surface area (Å²) in [6.45, 7) is 4.60. The number of carbonyl (C=O) groups excluding carboxylic acids is 1. The number of rotatable bonds is 6. The number of aryl methyl sites for hydroxylation is 2. The molecule has 0 aliphatic rings. The minimum Gasteiger partial charge on any atom is -0.497 e. The first-order valence-electron chi connectivity index (χ1n) is 7.25. The molecule has 1 aromatic heterocycles. The molecule has 1 N–H and O–H groups in total. The van der Waals surface area contributed by atoms with Crippen LogP contribution >= 0.6 is 11.6 Å².